The molecule has 0 bridgehead atoms. The lowest BCUT2D eigenvalue weighted by atomic mass is 9.95. The summed E-state index contributed by atoms with van der Waals surface area (Å²) in [5, 5.41) is 8.93. The van der Waals surface area contributed by atoms with E-state index in [-0.39, 0.29) is 17.3 Å². The molecule has 1 amide bonds. The first-order chi connectivity index (χ1) is 12.1. The van der Waals surface area contributed by atoms with Gasteiger partial charge in [-0.1, -0.05) is 0 Å². The second kappa shape index (κ2) is 6.41. The third-order valence-electron chi connectivity index (χ3n) is 5.23. The van der Waals surface area contributed by atoms with E-state index in [1.807, 2.05) is 27.8 Å². The Balaban J connectivity index is 1.66. The summed E-state index contributed by atoms with van der Waals surface area (Å²) in [4.78, 5) is 35.4. The van der Waals surface area contributed by atoms with Gasteiger partial charge in [0.1, 0.15) is 11.4 Å². The number of nitrogens with zero attached hydrogens (tertiary/aromatic N) is 4. The van der Waals surface area contributed by atoms with Crippen molar-refractivity contribution in [2.75, 3.05) is 25.0 Å². The molecule has 1 aliphatic carbocycles. The van der Waals surface area contributed by atoms with Crippen LogP contribution in [0.1, 0.15) is 50.5 Å². The lowest BCUT2D eigenvalue weighted by Gasteiger charge is -2.34. The Morgan fingerprint density at radius 1 is 1.31 bits per heavy atom. The van der Waals surface area contributed by atoms with Crippen molar-refractivity contribution in [3.05, 3.63) is 18.1 Å². The van der Waals surface area contributed by atoms with Gasteiger partial charge < -0.3 is 19.6 Å². The lowest BCUT2D eigenvalue weighted by Crippen LogP contribution is -2.47. The largest absolute Gasteiger partial charge is 0.476 e. The number of anilines is 1. The number of ether oxygens (including phenoxy) is 1. The Labute approximate surface area is 153 Å². The molecular formula is C18H26N4O4. The van der Waals surface area contributed by atoms with Crippen LogP contribution in [-0.2, 0) is 4.74 Å². The van der Waals surface area contributed by atoms with E-state index in [1.54, 1.807) is 4.90 Å². The smallest absolute Gasteiger partial charge is 0.410 e. The van der Waals surface area contributed by atoms with E-state index in [2.05, 4.69) is 14.9 Å². The van der Waals surface area contributed by atoms with Crippen molar-refractivity contribution in [1.82, 2.24) is 14.9 Å². The van der Waals surface area contributed by atoms with E-state index < -0.39 is 11.6 Å². The Morgan fingerprint density at radius 3 is 2.50 bits per heavy atom. The van der Waals surface area contributed by atoms with Gasteiger partial charge in [-0.3, -0.25) is 0 Å². The summed E-state index contributed by atoms with van der Waals surface area (Å²) in [7, 11) is 1.82. The van der Waals surface area contributed by atoms with Crippen molar-refractivity contribution in [2.24, 2.45) is 5.92 Å². The Hall–Kier alpha value is -2.38. The summed E-state index contributed by atoms with van der Waals surface area (Å²) in [6.45, 7) is 7.20. The molecule has 1 saturated heterocycles. The fourth-order valence-corrected chi connectivity index (χ4v) is 3.66. The first-order valence-corrected chi connectivity index (χ1v) is 8.89. The quantitative estimate of drug-likeness (QED) is 0.878. The maximum atomic E-state index is 12.5. The normalized spacial score (nSPS) is 21.4. The van der Waals surface area contributed by atoms with Crippen LogP contribution in [0.2, 0.25) is 0 Å². The van der Waals surface area contributed by atoms with E-state index in [9.17, 15) is 9.59 Å². The van der Waals surface area contributed by atoms with Gasteiger partial charge in [-0.2, -0.15) is 0 Å². The van der Waals surface area contributed by atoms with E-state index >= 15 is 0 Å². The summed E-state index contributed by atoms with van der Waals surface area (Å²) in [5.41, 5.74) is -0.719. The average Bonchev–Trinajstić information content (AvgIpc) is 3.22. The number of carbonyl (C=O) groups is 2. The van der Waals surface area contributed by atoms with Gasteiger partial charge in [0.25, 0.3) is 0 Å². The van der Waals surface area contributed by atoms with E-state index in [0.29, 0.717) is 11.7 Å². The molecule has 26 heavy (non-hydrogen) atoms. The molecule has 1 atom stereocenters. The second-order valence-electron chi connectivity index (χ2n) is 8.14. The number of amides is 1. The van der Waals surface area contributed by atoms with Crippen molar-refractivity contribution in [3.63, 3.8) is 0 Å². The van der Waals surface area contributed by atoms with Gasteiger partial charge >= 0.3 is 12.1 Å². The van der Waals surface area contributed by atoms with Crippen LogP contribution in [0, 0.1) is 5.92 Å². The van der Waals surface area contributed by atoms with E-state index in [1.165, 1.54) is 12.4 Å². The topological polar surface area (TPSA) is 95.9 Å². The zero-order valence-electron chi connectivity index (χ0n) is 15.7. The lowest BCUT2D eigenvalue weighted by molar-refractivity contribution is 0.0134. The highest BCUT2D eigenvalue weighted by Gasteiger charge is 2.56. The monoisotopic (exact) mass is 362 g/mol. The zero-order valence-corrected chi connectivity index (χ0v) is 15.7. The summed E-state index contributed by atoms with van der Waals surface area (Å²) >= 11 is 0. The highest BCUT2D eigenvalue weighted by molar-refractivity contribution is 5.84. The molecule has 8 heteroatoms. The molecule has 1 aliphatic heterocycles. The maximum absolute atomic E-state index is 12.5. The molecule has 1 N–H and O–H groups in total. The van der Waals surface area contributed by atoms with Gasteiger partial charge in [-0.15, -0.1) is 0 Å². The first-order valence-electron chi connectivity index (χ1n) is 8.89. The van der Waals surface area contributed by atoms with Crippen LogP contribution in [0.4, 0.5) is 10.6 Å². The van der Waals surface area contributed by atoms with Gasteiger partial charge in [-0.25, -0.2) is 19.6 Å². The Morgan fingerprint density at radius 2 is 2.00 bits per heavy atom. The predicted octanol–water partition coefficient (Wildman–Crippen LogP) is 2.40. The first kappa shape index (κ1) is 18.4. The highest BCUT2D eigenvalue weighted by Crippen LogP contribution is 2.51. The van der Waals surface area contributed by atoms with Gasteiger partial charge in [0.15, 0.2) is 5.69 Å². The van der Waals surface area contributed by atoms with Crippen molar-refractivity contribution >= 4 is 17.9 Å². The fraction of sp³-hybridized carbons (Fsp3) is 0.667. The number of hydrogen-bond donors (Lipinski definition) is 1. The van der Waals surface area contributed by atoms with Crippen LogP contribution >= 0.6 is 0 Å². The molecule has 1 saturated carbocycles. The second-order valence-corrected chi connectivity index (χ2v) is 8.14. The van der Waals surface area contributed by atoms with E-state index in [4.69, 9.17) is 9.84 Å². The SMILES string of the molecule is CN(C(=O)OC(C)(C)C)C1([C@@H]2CCN(c3cnc(C(=O)O)cn3)C2)CC1. The molecule has 3 rings (SSSR count). The molecule has 0 aromatic carbocycles. The average molecular weight is 362 g/mol. The number of carboxylic acid groups (broad SMARTS) is 1. The minimum atomic E-state index is -1.08. The van der Waals surface area contributed by atoms with Crippen LogP contribution in [0.25, 0.3) is 0 Å². The molecule has 0 unspecified atom stereocenters. The molecule has 1 aromatic heterocycles. The Bertz CT molecular complexity index is 694. The molecule has 142 valence electrons. The van der Waals surface area contributed by atoms with Crippen LogP contribution < -0.4 is 4.90 Å². The minimum absolute atomic E-state index is 0.0622. The Kier molecular flexibility index (Phi) is 4.54. The number of carboxylic acids is 1. The number of aromatic carboxylic acids is 1. The number of hydrogen-bond acceptors (Lipinski definition) is 6. The molecule has 2 fully saturated rings. The van der Waals surface area contributed by atoms with Crippen LogP contribution in [0.5, 0.6) is 0 Å². The predicted molar refractivity (Wildman–Crippen MR) is 95.3 cm³/mol. The molecule has 8 nitrogen and oxygen atoms in total. The molecule has 1 aromatic rings. The van der Waals surface area contributed by atoms with Crippen molar-refractivity contribution in [1.29, 1.82) is 0 Å². The third kappa shape index (κ3) is 3.59. The van der Waals surface area contributed by atoms with Gasteiger partial charge in [0, 0.05) is 26.1 Å². The van der Waals surface area contributed by atoms with Gasteiger partial charge in [0.05, 0.1) is 17.9 Å². The zero-order chi connectivity index (χ0) is 19.1. The van der Waals surface area contributed by atoms with E-state index in [0.717, 1.165) is 32.4 Å². The van der Waals surface area contributed by atoms with Crippen LogP contribution in [-0.4, -0.2) is 63.3 Å². The summed E-state index contributed by atoms with van der Waals surface area (Å²) in [5.74, 6) is -0.0755. The maximum Gasteiger partial charge on any atom is 0.410 e. The van der Waals surface area contributed by atoms with Crippen LogP contribution in [0.3, 0.4) is 0 Å². The highest BCUT2D eigenvalue weighted by atomic mass is 16.6. The number of carbonyl (C=O) groups excluding carboxylic acids is 1. The summed E-state index contributed by atoms with van der Waals surface area (Å²) in [6.07, 6.45) is 5.41. The molecule has 2 heterocycles. The molecule has 0 spiro atoms. The third-order valence-corrected chi connectivity index (χ3v) is 5.23. The molecule has 0 radical (unpaired) electrons. The van der Waals surface area contributed by atoms with Gasteiger partial charge in [0.2, 0.25) is 0 Å². The standard InChI is InChI=1S/C18H26N4O4/c1-17(2,3)26-16(25)21(4)18(6-7-18)12-5-8-22(11-12)14-10-19-13(9-20-14)15(23)24/h9-10,12H,5-8,11H2,1-4H3,(H,23,24)/t12-/m1/s1. The van der Waals surface area contributed by atoms with Crippen molar-refractivity contribution in [3.8, 4) is 0 Å². The minimum Gasteiger partial charge on any atom is -0.476 e. The number of aromatic nitrogens is 2. The van der Waals surface area contributed by atoms with Crippen LogP contribution in [0.15, 0.2) is 12.4 Å². The van der Waals surface area contributed by atoms with Gasteiger partial charge in [-0.05, 0) is 40.0 Å². The van der Waals surface area contributed by atoms with Crippen molar-refractivity contribution < 1.29 is 19.4 Å². The molecule has 2 aliphatic rings. The number of rotatable bonds is 4. The summed E-state index contributed by atoms with van der Waals surface area (Å²) < 4.78 is 5.53. The summed E-state index contributed by atoms with van der Waals surface area (Å²) in [6, 6.07) is 0. The van der Waals surface area contributed by atoms with Crippen molar-refractivity contribution in [2.45, 2.75) is 51.2 Å². The molecular weight excluding hydrogens is 336 g/mol. The fourth-order valence-electron chi connectivity index (χ4n) is 3.66.